The molecule has 0 aliphatic heterocycles. The summed E-state index contributed by atoms with van der Waals surface area (Å²) in [7, 11) is 1.79. The van der Waals surface area contributed by atoms with Gasteiger partial charge in [-0.1, -0.05) is 30.3 Å². The lowest BCUT2D eigenvalue weighted by Gasteiger charge is -2.10. The van der Waals surface area contributed by atoms with Crippen molar-refractivity contribution in [1.29, 1.82) is 0 Å². The van der Waals surface area contributed by atoms with Crippen LogP contribution in [0.15, 0.2) is 46.9 Å². The maximum Gasteiger partial charge on any atom is 0.191 e. The molecule has 2 heterocycles. The third-order valence-corrected chi connectivity index (χ3v) is 5.68. The Morgan fingerprint density at radius 1 is 1.11 bits per heavy atom. The van der Waals surface area contributed by atoms with Gasteiger partial charge in [-0.2, -0.15) is 0 Å². The number of aryl methyl sites for hydroxylation is 1. The van der Waals surface area contributed by atoms with Crippen molar-refractivity contribution in [2.45, 2.75) is 19.8 Å². The van der Waals surface area contributed by atoms with Crippen molar-refractivity contribution < 1.29 is 0 Å². The summed E-state index contributed by atoms with van der Waals surface area (Å²) in [4.78, 5) is 14.6. The highest BCUT2D eigenvalue weighted by atomic mass is 127. The minimum Gasteiger partial charge on any atom is -0.356 e. The van der Waals surface area contributed by atoms with Gasteiger partial charge in [0, 0.05) is 55.0 Å². The molecule has 144 valence electrons. The number of thiazole rings is 2. The summed E-state index contributed by atoms with van der Waals surface area (Å²) >= 11 is 3.43. The average Bonchev–Trinajstić information content (AvgIpc) is 3.30. The van der Waals surface area contributed by atoms with Crippen LogP contribution < -0.4 is 10.6 Å². The van der Waals surface area contributed by atoms with E-state index in [1.165, 1.54) is 10.4 Å². The fraction of sp³-hybridized carbons (Fsp3) is 0.316. The third-order valence-electron chi connectivity index (χ3n) is 3.77. The van der Waals surface area contributed by atoms with E-state index < -0.39 is 0 Å². The van der Waals surface area contributed by atoms with Gasteiger partial charge in [0.05, 0.1) is 10.7 Å². The van der Waals surface area contributed by atoms with Crippen molar-refractivity contribution >= 4 is 52.6 Å². The molecule has 0 aliphatic carbocycles. The van der Waals surface area contributed by atoms with Gasteiger partial charge < -0.3 is 10.6 Å². The molecule has 0 aliphatic rings. The molecule has 27 heavy (non-hydrogen) atoms. The molecule has 8 heteroatoms. The van der Waals surface area contributed by atoms with E-state index in [4.69, 9.17) is 4.98 Å². The first-order valence-corrected chi connectivity index (χ1v) is 10.3. The number of halogens is 1. The molecule has 2 aromatic heterocycles. The summed E-state index contributed by atoms with van der Waals surface area (Å²) in [5, 5.41) is 11.0. The Morgan fingerprint density at radius 3 is 2.52 bits per heavy atom. The molecule has 0 saturated heterocycles. The Hall–Kier alpha value is -1.52. The second-order valence-electron chi connectivity index (χ2n) is 5.80. The predicted molar refractivity (Wildman–Crippen MR) is 127 cm³/mol. The standard InChI is InChI=1S/C19H23N5S2.HI/c1-14-12-23-17(26-14)9-11-22-19(20-2)21-10-8-16-13-25-18(24-16)15-6-4-3-5-7-15;/h3-7,12-13H,8-11H2,1-2H3,(H2,20,21,22);1H. The van der Waals surface area contributed by atoms with Gasteiger partial charge in [-0.25, -0.2) is 9.97 Å². The van der Waals surface area contributed by atoms with E-state index in [1.54, 1.807) is 29.7 Å². The molecule has 0 radical (unpaired) electrons. The van der Waals surface area contributed by atoms with Crippen LogP contribution in [-0.2, 0) is 12.8 Å². The first kappa shape index (κ1) is 21.8. The first-order valence-electron chi connectivity index (χ1n) is 8.60. The van der Waals surface area contributed by atoms with Crippen molar-refractivity contribution in [2.75, 3.05) is 20.1 Å². The summed E-state index contributed by atoms with van der Waals surface area (Å²) < 4.78 is 0. The molecule has 3 aromatic rings. The summed E-state index contributed by atoms with van der Waals surface area (Å²) in [6.07, 6.45) is 3.70. The maximum absolute atomic E-state index is 4.72. The minimum atomic E-state index is 0. The number of aromatic nitrogens is 2. The van der Waals surface area contributed by atoms with Gasteiger partial charge in [0.25, 0.3) is 0 Å². The Labute approximate surface area is 185 Å². The van der Waals surface area contributed by atoms with E-state index >= 15 is 0 Å². The summed E-state index contributed by atoms with van der Waals surface area (Å²) in [5.74, 6) is 0.816. The predicted octanol–water partition coefficient (Wildman–Crippen LogP) is 4.14. The van der Waals surface area contributed by atoms with Gasteiger partial charge in [-0.3, -0.25) is 4.99 Å². The van der Waals surface area contributed by atoms with Crippen LogP contribution in [0.25, 0.3) is 10.6 Å². The molecule has 0 spiro atoms. The molecule has 0 unspecified atom stereocenters. The Kier molecular flexibility index (Phi) is 9.16. The highest BCUT2D eigenvalue weighted by Gasteiger charge is 2.05. The van der Waals surface area contributed by atoms with Gasteiger partial charge in [0.2, 0.25) is 0 Å². The van der Waals surface area contributed by atoms with Crippen LogP contribution in [-0.4, -0.2) is 36.1 Å². The smallest absolute Gasteiger partial charge is 0.191 e. The van der Waals surface area contributed by atoms with Crippen LogP contribution in [0.3, 0.4) is 0 Å². The van der Waals surface area contributed by atoms with Crippen molar-refractivity contribution in [1.82, 2.24) is 20.6 Å². The molecule has 0 saturated carbocycles. The van der Waals surface area contributed by atoms with Crippen LogP contribution >= 0.6 is 46.7 Å². The molecule has 0 fully saturated rings. The number of nitrogens with zero attached hydrogens (tertiary/aromatic N) is 3. The van der Waals surface area contributed by atoms with Crippen molar-refractivity contribution in [3.63, 3.8) is 0 Å². The SMILES string of the molecule is CN=C(NCCc1csc(-c2ccccc2)n1)NCCc1ncc(C)s1.I. The highest BCUT2D eigenvalue weighted by molar-refractivity contribution is 14.0. The lowest BCUT2D eigenvalue weighted by molar-refractivity contribution is 0.776. The summed E-state index contributed by atoms with van der Waals surface area (Å²) in [5.41, 5.74) is 2.28. The fourth-order valence-corrected chi connectivity index (χ4v) is 4.12. The van der Waals surface area contributed by atoms with Crippen LogP contribution in [0.1, 0.15) is 15.6 Å². The lowest BCUT2D eigenvalue weighted by atomic mass is 10.2. The maximum atomic E-state index is 4.72. The molecular weight excluding hydrogens is 489 g/mol. The molecule has 5 nitrogen and oxygen atoms in total. The number of nitrogens with one attached hydrogen (secondary N) is 2. The van der Waals surface area contributed by atoms with E-state index in [9.17, 15) is 0 Å². The van der Waals surface area contributed by atoms with Crippen LogP contribution in [0, 0.1) is 6.92 Å². The normalized spacial score (nSPS) is 11.1. The zero-order valence-electron chi connectivity index (χ0n) is 15.4. The van der Waals surface area contributed by atoms with Gasteiger partial charge >= 0.3 is 0 Å². The minimum absolute atomic E-state index is 0. The van der Waals surface area contributed by atoms with Crippen molar-refractivity contribution in [2.24, 2.45) is 4.99 Å². The monoisotopic (exact) mass is 513 g/mol. The van der Waals surface area contributed by atoms with Gasteiger partial charge in [0.15, 0.2) is 5.96 Å². The number of aliphatic imine (C=N–C) groups is 1. The Morgan fingerprint density at radius 2 is 1.85 bits per heavy atom. The number of guanidine groups is 1. The third kappa shape index (κ3) is 6.86. The molecule has 2 N–H and O–H groups in total. The largest absolute Gasteiger partial charge is 0.356 e. The quantitative estimate of drug-likeness (QED) is 0.283. The fourth-order valence-electron chi connectivity index (χ4n) is 2.47. The number of hydrogen-bond acceptors (Lipinski definition) is 5. The molecule has 0 bridgehead atoms. The second kappa shape index (κ2) is 11.4. The number of hydrogen-bond donors (Lipinski definition) is 2. The van der Waals surface area contributed by atoms with E-state index in [1.807, 2.05) is 24.4 Å². The molecule has 1 aromatic carbocycles. The average molecular weight is 513 g/mol. The van der Waals surface area contributed by atoms with Crippen LogP contribution in [0.2, 0.25) is 0 Å². The molecule has 3 rings (SSSR count). The lowest BCUT2D eigenvalue weighted by Crippen LogP contribution is -2.39. The molecule has 0 amide bonds. The van der Waals surface area contributed by atoms with Crippen LogP contribution in [0.4, 0.5) is 0 Å². The van der Waals surface area contributed by atoms with E-state index in [-0.39, 0.29) is 24.0 Å². The number of benzene rings is 1. The highest BCUT2D eigenvalue weighted by Crippen LogP contribution is 2.23. The zero-order valence-corrected chi connectivity index (χ0v) is 19.4. The van der Waals surface area contributed by atoms with Gasteiger partial charge in [-0.05, 0) is 6.92 Å². The van der Waals surface area contributed by atoms with Gasteiger partial charge in [-0.15, -0.1) is 46.7 Å². The molecule has 0 atom stereocenters. The molecular formula is C19H24IN5S2. The van der Waals surface area contributed by atoms with Gasteiger partial charge in [0.1, 0.15) is 5.01 Å². The van der Waals surface area contributed by atoms with Crippen molar-refractivity contribution in [3.05, 3.63) is 57.5 Å². The first-order chi connectivity index (χ1) is 12.7. The Bertz CT molecular complexity index is 845. The topological polar surface area (TPSA) is 62.2 Å². The van der Waals surface area contributed by atoms with E-state index in [0.29, 0.717) is 0 Å². The Balaban J connectivity index is 0.00000261. The summed E-state index contributed by atoms with van der Waals surface area (Å²) in [6.45, 7) is 3.70. The van der Waals surface area contributed by atoms with Crippen LogP contribution in [0.5, 0.6) is 0 Å². The van der Waals surface area contributed by atoms with Crippen molar-refractivity contribution in [3.8, 4) is 10.6 Å². The summed E-state index contributed by atoms with van der Waals surface area (Å²) in [6, 6.07) is 10.3. The van der Waals surface area contributed by atoms with E-state index in [2.05, 4.69) is 45.0 Å². The second-order valence-corrected chi connectivity index (χ2v) is 7.98. The zero-order chi connectivity index (χ0) is 18.2. The van der Waals surface area contributed by atoms with E-state index in [0.717, 1.165) is 47.6 Å². The number of rotatable bonds is 7.